The van der Waals surface area contributed by atoms with Crippen molar-refractivity contribution < 1.29 is 19.1 Å². The molecule has 2 aromatic carbocycles. The van der Waals surface area contributed by atoms with Crippen LogP contribution in [0.5, 0.6) is 5.75 Å². The number of benzene rings is 2. The summed E-state index contributed by atoms with van der Waals surface area (Å²) in [7, 11) is 0. The van der Waals surface area contributed by atoms with Crippen LogP contribution < -0.4 is 5.43 Å². The van der Waals surface area contributed by atoms with E-state index in [1.54, 1.807) is 26.0 Å². The lowest BCUT2D eigenvalue weighted by Crippen LogP contribution is -2.39. The van der Waals surface area contributed by atoms with Crippen molar-refractivity contribution in [1.82, 2.24) is 4.90 Å². The summed E-state index contributed by atoms with van der Waals surface area (Å²) in [6.07, 6.45) is 1.67. The zero-order chi connectivity index (χ0) is 22.0. The van der Waals surface area contributed by atoms with Crippen molar-refractivity contribution in [2.45, 2.75) is 33.2 Å². The lowest BCUT2D eigenvalue weighted by Gasteiger charge is -2.31. The van der Waals surface area contributed by atoms with Gasteiger partial charge in [-0.05, 0) is 50.9 Å². The average Bonchev–Trinajstić information content (AvgIpc) is 2.77. The Morgan fingerprint density at radius 3 is 2.74 bits per heavy atom. The number of hydrogen-bond donors (Lipinski definition) is 1. The van der Waals surface area contributed by atoms with E-state index in [4.69, 9.17) is 9.15 Å². The van der Waals surface area contributed by atoms with Crippen molar-refractivity contribution in [3.05, 3.63) is 64.0 Å². The van der Waals surface area contributed by atoms with E-state index in [-0.39, 0.29) is 23.1 Å². The van der Waals surface area contributed by atoms with E-state index in [1.165, 1.54) is 0 Å². The number of nitrogens with zero attached hydrogens (tertiary/aromatic N) is 1. The number of phenols is 1. The second-order valence-corrected chi connectivity index (χ2v) is 7.99. The first-order chi connectivity index (χ1) is 15.0. The second kappa shape index (κ2) is 8.94. The number of aryl methyl sites for hydroxylation is 1. The molecule has 1 atom stereocenters. The van der Waals surface area contributed by atoms with Crippen molar-refractivity contribution >= 4 is 16.9 Å². The van der Waals surface area contributed by atoms with E-state index < -0.39 is 0 Å². The van der Waals surface area contributed by atoms with Crippen molar-refractivity contribution in [2.24, 2.45) is 5.92 Å². The van der Waals surface area contributed by atoms with E-state index in [9.17, 15) is 14.7 Å². The lowest BCUT2D eigenvalue weighted by atomic mass is 9.97. The van der Waals surface area contributed by atoms with Gasteiger partial charge in [0.15, 0.2) is 0 Å². The van der Waals surface area contributed by atoms with Crippen LogP contribution in [0, 0.1) is 12.8 Å². The molecule has 0 unspecified atom stereocenters. The molecule has 4 rings (SSSR count). The number of likely N-dealkylation sites (tertiary alicyclic amines) is 1. The van der Waals surface area contributed by atoms with Crippen LogP contribution in [-0.2, 0) is 16.1 Å². The predicted molar refractivity (Wildman–Crippen MR) is 119 cm³/mol. The predicted octanol–water partition coefficient (Wildman–Crippen LogP) is 4.25. The molecule has 0 radical (unpaired) electrons. The van der Waals surface area contributed by atoms with Crippen molar-refractivity contribution in [3.8, 4) is 16.9 Å². The quantitative estimate of drug-likeness (QED) is 0.621. The molecule has 0 bridgehead atoms. The minimum atomic E-state index is -0.177. The fourth-order valence-electron chi connectivity index (χ4n) is 4.38. The van der Waals surface area contributed by atoms with Gasteiger partial charge in [-0.2, -0.15) is 0 Å². The number of carbonyl (C=O) groups is 1. The van der Waals surface area contributed by atoms with Gasteiger partial charge in [0.25, 0.3) is 0 Å². The molecule has 6 heteroatoms. The summed E-state index contributed by atoms with van der Waals surface area (Å²) < 4.78 is 11.3. The summed E-state index contributed by atoms with van der Waals surface area (Å²) >= 11 is 0. The van der Waals surface area contributed by atoms with Gasteiger partial charge < -0.3 is 14.3 Å². The van der Waals surface area contributed by atoms with E-state index in [1.807, 2.05) is 30.3 Å². The van der Waals surface area contributed by atoms with Gasteiger partial charge in [0.05, 0.1) is 29.0 Å². The fourth-order valence-corrected chi connectivity index (χ4v) is 4.38. The third kappa shape index (κ3) is 4.21. The number of carbonyl (C=O) groups excluding carboxylic acids is 1. The zero-order valence-corrected chi connectivity index (χ0v) is 17.9. The molecule has 3 aromatic rings. The minimum absolute atomic E-state index is 0.0840. The number of piperidine rings is 1. The second-order valence-electron chi connectivity index (χ2n) is 7.99. The first-order valence-electron chi connectivity index (χ1n) is 10.7. The molecule has 0 spiro atoms. The molecule has 1 saturated heterocycles. The Kier molecular flexibility index (Phi) is 6.09. The SMILES string of the molecule is CCOC(=O)[C@H]1CCCN(Cc2c(O)ccc3c(=O)c(-c4ccccc4)c(C)oc23)C1. The first-order valence-corrected chi connectivity index (χ1v) is 10.7. The summed E-state index contributed by atoms with van der Waals surface area (Å²) in [4.78, 5) is 27.6. The first kappa shape index (κ1) is 21.1. The maximum atomic E-state index is 13.3. The smallest absolute Gasteiger partial charge is 0.310 e. The maximum absolute atomic E-state index is 13.3. The number of esters is 1. The van der Waals surface area contributed by atoms with E-state index in [0.29, 0.717) is 47.6 Å². The Labute approximate surface area is 181 Å². The van der Waals surface area contributed by atoms with Crippen LogP contribution in [0.3, 0.4) is 0 Å². The molecule has 1 aliphatic rings. The van der Waals surface area contributed by atoms with Gasteiger partial charge in [-0.1, -0.05) is 30.3 Å². The van der Waals surface area contributed by atoms with Crippen molar-refractivity contribution in [2.75, 3.05) is 19.7 Å². The Bertz CT molecular complexity index is 1150. The number of fused-ring (bicyclic) bond motifs is 1. The third-order valence-electron chi connectivity index (χ3n) is 5.88. The Morgan fingerprint density at radius 2 is 2.00 bits per heavy atom. The van der Waals surface area contributed by atoms with Crippen LogP contribution in [-0.4, -0.2) is 35.7 Å². The Balaban J connectivity index is 1.71. The highest BCUT2D eigenvalue weighted by Gasteiger charge is 2.28. The molecule has 162 valence electrons. The third-order valence-corrected chi connectivity index (χ3v) is 5.88. The standard InChI is InChI=1S/C25H27NO5/c1-3-30-25(29)18-10-7-13-26(14-18)15-20-21(27)12-11-19-23(28)22(16(2)31-24(19)20)17-8-5-4-6-9-17/h4-6,8-9,11-12,18,27H,3,7,10,13-15H2,1-2H3/t18-/m0/s1. The average molecular weight is 421 g/mol. The van der Waals surface area contributed by atoms with Gasteiger partial charge in [-0.15, -0.1) is 0 Å². The summed E-state index contributed by atoms with van der Waals surface area (Å²) in [5.41, 5.74) is 2.19. The molecular weight excluding hydrogens is 394 g/mol. The highest BCUT2D eigenvalue weighted by Crippen LogP contribution is 2.32. The molecule has 0 amide bonds. The number of hydrogen-bond acceptors (Lipinski definition) is 6. The van der Waals surface area contributed by atoms with Gasteiger partial charge in [0.2, 0.25) is 5.43 Å². The highest BCUT2D eigenvalue weighted by atomic mass is 16.5. The van der Waals surface area contributed by atoms with Gasteiger partial charge in [0.1, 0.15) is 17.1 Å². The molecule has 1 aromatic heterocycles. The molecule has 6 nitrogen and oxygen atoms in total. The fraction of sp³-hybridized carbons (Fsp3) is 0.360. The largest absolute Gasteiger partial charge is 0.507 e. The number of ether oxygens (including phenoxy) is 1. The lowest BCUT2D eigenvalue weighted by molar-refractivity contribution is -0.150. The Hall–Kier alpha value is -3.12. The monoisotopic (exact) mass is 421 g/mol. The Morgan fingerprint density at radius 1 is 1.23 bits per heavy atom. The summed E-state index contributed by atoms with van der Waals surface area (Å²) in [5.74, 6) is 0.243. The van der Waals surface area contributed by atoms with Crippen LogP contribution in [0.15, 0.2) is 51.7 Å². The van der Waals surface area contributed by atoms with Crippen LogP contribution in [0.4, 0.5) is 0 Å². The molecule has 2 heterocycles. The van der Waals surface area contributed by atoms with Gasteiger partial charge in [-0.3, -0.25) is 14.5 Å². The van der Waals surface area contributed by atoms with Gasteiger partial charge in [0, 0.05) is 13.1 Å². The number of phenolic OH excluding ortho intramolecular Hbond substituents is 1. The molecule has 0 saturated carbocycles. The summed E-state index contributed by atoms with van der Waals surface area (Å²) in [5, 5.41) is 11.0. The molecule has 31 heavy (non-hydrogen) atoms. The van der Waals surface area contributed by atoms with Crippen LogP contribution in [0.1, 0.15) is 31.1 Å². The van der Waals surface area contributed by atoms with E-state index in [2.05, 4.69) is 4.90 Å². The molecule has 1 N–H and O–H groups in total. The topological polar surface area (TPSA) is 80.0 Å². The molecular formula is C25H27NO5. The van der Waals surface area contributed by atoms with Crippen LogP contribution >= 0.6 is 0 Å². The highest BCUT2D eigenvalue weighted by molar-refractivity contribution is 5.86. The minimum Gasteiger partial charge on any atom is -0.507 e. The normalized spacial score (nSPS) is 17.0. The van der Waals surface area contributed by atoms with E-state index in [0.717, 1.165) is 24.9 Å². The molecule has 1 fully saturated rings. The number of rotatable bonds is 5. The molecule has 1 aliphatic heterocycles. The number of aromatic hydroxyl groups is 1. The van der Waals surface area contributed by atoms with Gasteiger partial charge >= 0.3 is 5.97 Å². The van der Waals surface area contributed by atoms with E-state index >= 15 is 0 Å². The van der Waals surface area contributed by atoms with Crippen LogP contribution in [0.25, 0.3) is 22.1 Å². The van der Waals surface area contributed by atoms with Crippen molar-refractivity contribution in [3.63, 3.8) is 0 Å². The maximum Gasteiger partial charge on any atom is 0.310 e. The van der Waals surface area contributed by atoms with Gasteiger partial charge in [-0.25, -0.2) is 0 Å². The summed E-state index contributed by atoms with van der Waals surface area (Å²) in [6, 6.07) is 12.6. The van der Waals surface area contributed by atoms with Crippen molar-refractivity contribution in [1.29, 1.82) is 0 Å². The zero-order valence-electron chi connectivity index (χ0n) is 17.9. The van der Waals surface area contributed by atoms with Crippen LogP contribution in [0.2, 0.25) is 0 Å². The molecule has 0 aliphatic carbocycles. The summed E-state index contributed by atoms with van der Waals surface area (Å²) in [6.45, 7) is 5.70.